The van der Waals surface area contributed by atoms with Crippen molar-refractivity contribution in [3.8, 4) is 0 Å². The normalized spacial score (nSPS) is 18.1. The van der Waals surface area contributed by atoms with Crippen LogP contribution in [0.5, 0.6) is 0 Å². The number of hydrogen-bond acceptors (Lipinski definition) is 5. The molecule has 1 aromatic carbocycles. The fourth-order valence-electron chi connectivity index (χ4n) is 4.41. The summed E-state index contributed by atoms with van der Waals surface area (Å²) in [5.74, 6) is -0.0549. The molecule has 8 nitrogen and oxygen atoms in total. The highest BCUT2D eigenvalue weighted by Gasteiger charge is 2.40. The van der Waals surface area contributed by atoms with Gasteiger partial charge in [0.2, 0.25) is 0 Å². The summed E-state index contributed by atoms with van der Waals surface area (Å²) in [6.45, 7) is 1.11. The summed E-state index contributed by atoms with van der Waals surface area (Å²) in [5.41, 5.74) is 3.88. The van der Waals surface area contributed by atoms with Crippen molar-refractivity contribution in [3.05, 3.63) is 77.7 Å². The molecule has 36 heavy (non-hydrogen) atoms. The molecule has 1 aliphatic rings. The molecule has 0 radical (unpaired) electrons. The fourth-order valence-corrected chi connectivity index (χ4v) is 4.41. The predicted octanol–water partition coefficient (Wildman–Crippen LogP) is 3.46. The molecule has 4 rings (SSSR count). The third-order valence-electron chi connectivity index (χ3n) is 5.95. The number of amides is 2. The minimum absolute atomic E-state index is 0.0743. The van der Waals surface area contributed by atoms with Crippen LogP contribution in [-0.4, -0.2) is 59.0 Å². The lowest BCUT2D eigenvalue weighted by atomic mass is 9.94. The maximum Gasteiger partial charge on any atom is 0.401 e. The van der Waals surface area contributed by atoms with E-state index in [0.29, 0.717) is 11.3 Å². The van der Waals surface area contributed by atoms with E-state index in [1.807, 2.05) is 54.7 Å². The van der Waals surface area contributed by atoms with Crippen LogP contribution in [0.15, 0.2) is 60.9 Å². The van der Waals surface area contributed by atoms with E-state index in [2.05, 4.69) is 20.6 Å². The van der Waals surface area contributed by atoms with E-state index >= 15 is 0 Å². The number of aromatic nitrogens is 2. The van der Waals surface area contributed by atoms with Gasteiger partial charge in [-0.15, -0.1) is 0 Å². The summed E-state index contributed by atoms with van der Waals surface area (Å²) >= 11 is 0. The lowest BCUT2D eigenvalue weighted by Crippen LogP contribution is -2.71. The molecule has 2 amide bonds. The van der Waals surface area contributed by atoms with E-state index in [-0.39, 0.29) is 24.8 Å². The number of nitrogens with one attached hydrogen (secondary N) is 3. The lowest BCUT2D eigenvalue weighted by Gasteiger charge is -2.20. The molecule has 0 aliphatic carbocycles. The highest BCUT2D eigenvalue weighted by molar-refractivity contribution is 5.91. The van der Waals surface area contributed by atoms with Crippen molar-refractivity contribution in [3.63, 3.8) is 0 Å². The number of urea groups is 1. The second kappa shape index (κ2) is 10.8. The van der Waals surface area contributed by atoms with Crippen molar-refractivity contribution in [2.24, 2.45) is 0 Å². The van der Waals surface area contributed by atoms with E-state index in [1.165, 1.54) is 11.1 Å². The van der Waals surface area contributed by atoms with Crippen LogP contribution in [0.3, 0.4) is 0 Å². The van der Waals surface area contributed by atoms with E-state index in [1.54, 1.807) is 18.5 Å². The molecule has 2 aromatic heterocycles. The Morgan fingerprint density at radius 2 is 1.97 bits per heavy atom. The number of halogens is 3. The molecule has 5 N–H and O–H groups in total. The van der Waals surface area contributed by atoms with Crippen LogP contribution in [-0.2, 0) is 0 Å². The van der Waals surface area contributed by atoms with Gasteiger partial charge in [0.25, 0.3) is 0 Å². The number of carbonyl (C=O) groups excluding carboxylic acids is 1. The summed E-state index contributed by atoms with van der Waals surface area (Å²) in [4.78, 5) is 22.5. The maximum absolute atomic E-state index is 13.0. The number of rotatable bonds is 7. The third kappa shape index (κ3) is 6.64. The lowest BCUT2D eigenvalue weighted by molar-refractivity contribution is -0.479. The van der Waals surface area contributed by atoms with Crippen molar-refractivity contribution in [2.45, 2.75) is 25.1 Å². The third-order valence-corrected chi connectivity index (χ3v) is 5.95. The number of quaternary nitrogens is 1. The van der Waals surface area contributed by atoms with Gasteiger partial charge >= 0.3 is 12.2 Å². The van der Waals surface area contributed by atoms with Crippen molar-refractivity contribution >= 4 is 29.4 Å². The van der Waals surface area contributed by atoms with Gasteiger partial charge in [-0.3, -0.25) is 20.5 Å². The van der Waals surface area contributed by atoms with Crippen molar-refractivity contribution < 1.29 is 23.3 Å². The largest absolute Gasteiger partial charge is 0.401 e. The second-order valence-corrected chi connectivity index (χ2v) is 8.75. The number of alkyl halides is 3. The van der Waals surface area contributed by atoms with Crippen LogP contribution in [0.4, 0.5) is 35.2 Å². The predicted molar refractivity (Wildman–Crippen MR) is 130 cm³/mol. The minimum Gasteiger partial charge on any atom is -0.333 e. The molecule has 1 fully saturated rings. The van der Waals surface area contributed by atoms with Gasteiger partial charge in [0, 0.05) is 49.2 Å². The molecular weight excluding hydrogens is 471 g/mol. The first-order chi connectivity index (χ1) is 17.2. The van der Waals surface area contributed by atoms with Gasteiger partial charge in [-0.05, 0) is 18.6 Å². The first kappa shape index (κ1) is 25.3. The molecule has 188 valence electrons. The molecule has 2 unspecified atom stereocenters. The molecule has 1 saturated heterocycles. The van der Waals surface area contributed by atoms with Crippen LogP contribution in [0.25, 0.3) is 0 Å². The smallest absolute Gasteiger partial charge is 0.333 e. The first-order valence-electron chi connectivity index (χ1n) is 11.4. The minimum atomic E-state index is -4.32. The van der Waals surface area contributed by atoms with Crippen LogP contribution in [0, 0.1) is 12.3 Å². The van der Waals surface area contributed by atoms with Crippen molar-refractivity contribution in [1.82, 2.24) is 20.2 Å². The summed E-state index contributed by atoms with van der Waals surface area (Å²) in [7, 11) is 0. The number of benzene rings is 1. The van der Waals surface area contributed by atoms with Gasteiger partial charge in [0.1, 0.15) is 11.5 Å². The Morgan fingerprint density at radius 1 is 1.19 bits per heavy atom. The maximum atomic E-state index is 13.0. The number of nitrogens with zero attached hydrogens (tertiary/aromatic N) is 3. The van der Waals surface area contributed by atoms with Gasteiger partial charge in [-0.2, -0.15) is 13.2 Å². The van der Waals surface area contributed by atoms with Gasteiger partial charge in [-0.1, -0.05) is 30.3 Å². The van der Waals surface area contributed by atoms with Crippen LogP contribution in [0.1, 0.15) is 22.7 Å². The highest BCUT2D eigenvalue weighted by Crippen LogP contribution is 2.30. The molecule has 3 heterocycles. The summed E-state index contributed by atoms with van der Waals surface area (Å²) < 4.78 is 39.0. The van der Waals surface area contributed by atoms with Crippen LogP contribution < -0.4 is 16.0 Å². The molecular formula is C25H27F3N7O+. The van der Waals surface area contributed by atoms with Gasteiger partial charge in [-0.25, -0.2) is 9.78 Å². The average Bonchev–Trinajstić information content (AvgIpc) is 3.20. The summed E-state index contributed by atoms with van der Waals surface area (Å²) in [6, 6.07) is 13.4. The average molecular weight is 499 g/mol. The number of pyridine rings is 2. The first-order valence-corrected chi connectivity index (χ1v) is 11.4. The Labute approximate surface area is 206 Å². The van der Waals surface area contributed by atoms with Gasteiger partial charge in [0.05, 0.1) is 24.3 Å². The Bertz CT molecular complexity index is 1220. The fraction of sp³-hybridized carbons (Fsp3) is 0.280. The zero-order valence-corrected chi connectivity index (χ0v) is 19.6. The molecule has 2 atom stereocenters. The number of aryl methyl sites for hydroxylation is 1. The van der Waals surface area contributed by atoms with E-state index in [9.17, 15) is 18.0 Å². The van der Waals surface area contributed by atoms with E-state index in [0.717, 1.165) is 16.9 Å². The Hall–Kier alpha value is -3.83. The molecule has 1 aliphatic heterocycles. The zero-order valence-electron chi connectivity index (χ0n) is 19.6. The zero-order chi connectivity index (χ0) is 25.7. The molecule has 0 bridgehead atoms. The second-order valence-electron chi connectivity index (χ2n) is 8.75. The van der Waals surface area contributed by atoms with E-state index < -0.39 is 24.8 Å². The van der Waals surface area contributed by atoms with Crippen LogP contribution >= 0.6 is 0 Å². The number of hydrogen-bond donors (Lipinski definition) is 4. The summed E-state index contributed by atoms with van der Waals surface area (Å²) in [6.07, 6.45) is 0.0981. The number of carbonyl (C=O) groups is 1. The summed E-state index contributed by atoms with van der Waals surface area (Å²) in [5, 5.41) is 15.1. The van der Waals surface area contributed by atoms with E-state index in [4.69, 9.17) is 5.41 Å². The Morgan fingerprint density at radius 3 is 2.67 bits per heavy atom. The molecule has 0 saturated carbocycles. The number of nitrogens with two attached hydrogens (primary N) is 1. The molecule has 0 spiro atoms. The standard InChI is InChI=1S/C25H26F3N7O/c1-16-9-19(7-8-30-16)32-21-12-31-23(10-18(21)11-29)34-24(36)33-22-14-35(15-25(26,27)28)13-20(22)17-5-3-2-4-6-17/h2-12,20,22,29H,13-15H2,1H3,(H,30,32)(H2,31,33,34,36)/p+1. The monoisotopic (exact) mass is 498 g/mol. The van der Waals surface area contributed by atoms with Gasteiger partial charge in [0.15, 0.2) is 5.69 Å². The molecule has 11 heteroatoms. The highest BCUT2D eigenvalue weighted by atomic mass is 19.4. The number of likely N-dealkylation sites (tertiary alicyclic amines) is 1. The van der Waals surface area contributed by atoms with Crippen LogP contribution in [0.2, 0.25) is 0 Å². The quantitative estimate of drug-likeness (QED) is 0.374. The topological polar surface area (TPSA) is 111 Å². The van der Waals surface area contributed by atoms with Crippen molar-refractivity contribution in [2.75, 3.05) is 25.0 Å². The van der Waals surface area contributed by atoms with Gasteiger partial charge < -0.3 is 10.7 Å². The van der Waals surface area contributed by atoms with Crippen molar-refractivity contribution in [1.29, 1.82) is 5.41 Å². The SMILES string of the molecule is Cc1cc([NH2+]c2cnc(NC(=O)NC3CN(CC(F)(F)F)CC3c3ccccc3)cc2C=N)ccn1. The molecule has 3 aromatic rings. The Balaban J connectivity index is 1.45. The number of anilines is 1. The Kier molecular flexibility index (Phi) is 7.61.